The molecule has 0 nitrogen and oxygen atoms in total. The van der Waals surface area contributed by atoms with Crippen molar-refractivity contribution in [3.05, 3.63) is 149 Å². The molecule has 198 valence electrons. The molecule has 1 heterocycles. The fourth-order valence-electron chi connectivity index (χ4n) is 6.10. The van der Waals surface area contributed by atoms with Crippen molar-refractivity contribution in [2.24, 2.45) is 0 Å². The molecular formula is C39H36S. The SMILES string of the molecule is C=C1C=CC=CC(C)c2cccc(C3=CC(c4ccc5c(c4)c(C=CCC)c(C)c4ccccc45)CC=C3)c2S1. The van der Waals surface area contributed by atoms with Crippen LogP contribution >= 0.6 is 11.8 Å². The predicted molar refractivity (Wildman–Crippen MR) is 178 cm³/mol. The molecule has 0 saturated heterocycles. The van der Waals surface area contributed by atoms with Crippen LogP contribution in [0.4, 0.5) is 0 Å². The molecule has 0 aromatic heterocycles. The van der Waals surface area contributed by atoms with Gasteiger partial charge in [-0.3, -0.25) is 0 Å². The van der Waals surface area contributed by atoms with Gasteiger partial charge in [0.2, 0.25) is 0 Å². The molecule has 0 saturated carbocycles. The van der Waals surface area contributed by atoms with Crippen LogP contribution in [0.2, 0.25) is 0 Å². The smallest absolute Gasteiger partial charge is 0.0238 e. The Labute approximate surface area is 243 Å². The summed E-state index contributed by atoms with van der Waals surface area (Å²) in [7, 11) is 0. The highest BCUT2D eigenvalue weighted by Crippen LogP contribution is 2.43. The fourth-order valence-corrected chi connectivity index (χ4v) is 7.18. The second kappa shape index (κ2) is 11.4. The average molecular weight is 537 g/mol. The minimum absolute atomic E-state index is 0.330. The lowest BCUT2D eigenvalue weighted by atomic mass is 9.84. The van der Waals surface area contributed by atoms with E-state index in [1.54, 1.807) is 11.8 Å². The number of hydrogen-bond acceptors (Lipinski definition) is 1. The molecule has 2 atom stereocenters. The topological polar surface area (TPSA) is 0 Å². The Morgan fingerprint density at radius 1 is 0.925 bits per heavy atom. The van der Waals surface area contributed by atoms with Gasteiger partial charge in [0.15, 0.2) is 0 Å². The first kappa shape index (κ1) is 26.4. The fraction of sp³-hybridized carbons (Fsp3) is 0.179. The Bertz CT molecular complexity index is 1770. The highest BCUT2D eigenvalue weighted by atomic mass is 32.2. The summed E-state index contributed by atoms with van der Waals surface area (Å²) < 4.78 is 0. The largest absolute Gasteiger partial charge is 0.0898 e. The molecule has 4 aromatic rings. The van der Waals surface area contributed by atoms with Gasteiger partial charge in [0, 0.05) is 21.6 Å². The summed E-state index contributed by atoms with van der Waals surface area (Å²) in [5, 5.41) is 5.36. The number of benzene rings is 4. The lowest BCUT2D eigenvalue weighted by Gasteiger charge is -2.22. The van der Waals surface area contributed by atoms with E-state index in [9.17, 15) is 0 Å². The maximum Gasteiger partial charge on any atom is 0.0238 e. The first-order valence-corrected chi connectivity index (χ1v) is 15.2. The van der Waals surface area contributed by atoms with Crippen molar-refractivity contribution >= 4 is 45.0 Å². The predicted octanol–water partition coefficient (Wildman–Crippen LogP) is 11.7. The second-order valence-electron chi connectivity index (χ2n) is 10.9. The van der Waals surface area contributed by atoms with Crippen LogP contribution in [0.5, 0.6) is 0 Å². The van der Waals surface area contributed by atoms with Gasteiger partial charge in [0.05, 0.1) is 0 Å². The first-order chi connectivity index (χ1) is 19.5. The van der Waals surface area contributed by atoms with Gasteiger partial charge in [0.25, 0.3) is 0 Å². The molecule has 1 aliphatic heterocycles. The number of aryl methyl sites for hydroxylation is 1. The maximum absolute atomic E-state index is 4.32. The molecule has 0 radical (unpaired) electrons. The lowest BCUT2D eigenvalue weighted by molar-refractivity contribution is 0.857. The van der Waals surface area contributed by atoms with Crippen molar-refractivity contribution in [3.8, 4) is 0 Å². The van der Waals surface area contributed by atoms with Gasteiger partial charge in [-0.2, -0.15) is 0 Å². The molecule has 0 spiro atoms. The van der Waals surface area contributed by atoms with Crippen molar-refractivity contribution in [2.75, 3.05) is 0 Å². The zero-order chi connectivity index (χ0) is 27.6. The van der Waals surface area contributed by atoms with Gasteiger partial charge < -0.3 is 0 Å². The minimum atomic E-state index is 0.330. The van der Waals surface area contributed by atoms with Crippen LogP contribution in [0.15, 0.2) is 126 Å². The van der Waals surface area contributed by atoms with Crippen LogP contribution in [0.25, 0.3) is 33.2 Å². The highest BCUT2D eigenvalue weighted by Gasteiger charge is 2.20. The van der Waals surface area contributed by atoms with E-state index in [1.807, 2.05) is 0 Å². The van der Waals surface area contributed by atoms with E-state index in [2.05, 4.69) is 143 Å². The van der Waals surface area contributed by atoms with Crippen molar-refractivity contribution in [2.45, 2.75) is 50.3 Å². The van der Waals surface area contributed by atoms with Crippen molar-refractivity contribution in [3.63, 3.8) is 0 Å². The summed E-state index contributed by atoms with van der Waals surface area (Å²) in [6, 6.07) is 22.7. The van der Waals surface area contributed by atoms with Crippen LogP contribution in [0.3, 0.4) is 0 Å². The van der Waals surface area contributed by atoms with Crippen molar-refractivity contribution in [1.29, 1.82) is 0 Å². The van der Waals surface area contributed by atoms with E-state index in [0.717, 1.165) is 17.7 Å². The molecule has 1 heteroatoms. The number of allylic oxidation sites excluding steroid dienone is 9. The third-order valence-electron chi connectivity index (χ3n) is 8.25. The van der Waals surface area contributed by atoms with Gasteiger partial charge in [-0.25, -0.2) is 0 Å². The van der Waals surface area contributed by atoms with E-state index in [1.165, 1.54) is 59.8 Å². The molecule has 1 aliphatic carbocycles. The van der Waals surface area contributed by atoms with E-state index in [0.29, 0.717) is 11.8 Å². The summed E-state index contributed by atoms with van der Waals surface area (Å²) in [6.45, 7) is 11.1. The number of hydrogen-bond donors (Lipinski definition) is 0. The molecular weight excluding hydrogens is 500 g/mol. The molecule has 0 N–H and O–H groups in total. The molecule has 40 heavy (non-hydrogen) atoms. The van der Waals surface area contributed by atoms with Crippen LogP contribution in [-0.4, -0.2) is 0 Å². The van der Waals surface area contributed by atoms with Crippen LogP contribution < -0.4 is 0 Å². The maximum atomic E-state index is 4.32. The standard InChI is InChI=1S/C39H36S/c1-5-6-17-34-28(4)33-18-9-10-19-36(33)37-23-22-30(25-38(34)37)29-15-11-16-31(24-29)35-21-12-20-32-26(2)13-7-8-14-27(3)40-39(32)35/h6-14,16-26,29H,3,5,15H2,1-2,4H3. The van der Waals surface area contributed by atoms with E-state index in [-0.39, 0.29) is 0 Å². The molecule has 0 fully saturated rings. The Hall–Kier alpha value is -3.81. The van der Waals surface area contributed by atoms with Gasteiger partial charge in [-0.15, -0.1) is 0 Å². The molecule has 6 rings (SSSR count). The van der Waals surface area contributed by atoms with Crippen LogP contribution in [0, 0.1) is 6.92 Å². The third kappa shape index (κ3) is 4.95. The summed E-state index contributed by atoms with van der Waals surface area (Å²) in [5.41, 5.74) is 8.04. The Balaban J connectivity index is 1.47. The Kier molecular flexibility index (Phi) is 7.50. The molecule has 2 unspecified atom stereocenters. The number of thioether (sulfide) groups is 1. The Morgan fingerprint density at radius 3 is 2.60 bits per heavy atom. The summed E-state index contributed by atoms with van der Waals surface area (Å²) in [5.74, 6) is 0.673. The summed E-state index contributed by atoms with van der Waals surface area (Å²) >= 11 is 1.79. The van der Waals surface area contributed by atoms with E-state index < -0.39 is 0 Å². The van der Waals surface area contributed by atoms with E-state index >= 15 is 0 Å². The number of fused-ring (bicyclic) bond motifs is 4. The van der Waals surface area contributed by atoms with Gasteiger partial charge in [0.1, 0.15) is 0 Å². The molecule has 0 amide bonds. The zero-order valence-electron chi connectivity index (χ0n) is 23.7. The monoisotopic (exact) mass is 536 g/mol. The van der Waals surface area contributed by atoms with Gasteiger partial charge in [-0.05, 0) is 86.8 Å². The van der Waals surface area contributed by atoms with Crippen molar-refractivity contribution < 1.29 is 0 Å². The zero-order valence-corrected chi connectivity index (χ0v) is 24.5. The first-order valence-electron chi connectivity index (χ1n) is 14.4. The minimum Gasteiger partial charge on any atom is -0.0898 e. The second-order valence-corrected chi connectivity index (χ2v) is 12.0. The Morgan fingerprint density at radius 2 is 1.75 bits per heavy atom. The summed E-state index contributed by atoms with van der Waals surface area (Å²) in [4.78, 5) is 2.38. The number of rotatable bonds is 4. The molecule has 0 bridgehead atoms. The summed E-state index contributed by atoms with van der Waals surface area (Å²) in [6.07, 6.45) is 22.4. The van der Waals surface area contributed by atoms with Gasteiger partial charge in [-0.1, -0.05) is 135 Å². The van der Waals surface area contributed by atoms with Crippen molar-refractivity contribution in [1.82, 2.24) is 0 Å². The van der Waals surface area contributed by atoms with E-state index in [4.69, 9.17) is 0 Å². The highest BCUT2D eigenvalue weighted by molar-refractivity contribution is 8.03. The average Bonchev–Trinajstić information content (AvgIpc) is 3.05. The quantitative estimate of drug-likeness (QED) is 0.234. The lowest BCUT2D eigenvalue weighted by Crippen LogP contribution is -2.02. The third-order valence-corrected chi connectivity index (χ3v) is 9.31. The van der Waals surface area contributed by atoms with Gasteiger partial charge >= 0.3 is 0 Å². The normalized spacial score (nSPS) is 19.1. The molecule has 2 aliphatic rings. The van der Waals surface area contributed by atoms with Crippen LogP contribution in [0.1, 0.15) is 66.3 Å². The van der Waals surface area contributed by atoms with Crippen LogP contribution in [-0.2, 0) is 0 Å². The molecule has 4 aromatic carbocycles.